The first kappa shape index (κ1) is 20.8. The van der Waals surface area contributed by atoms with Gasteiger partial charge in [-0.3, -0.25) is 4.79 Å². The number of carbonyl (C=O) groups is 1. The molecule has 1 atom stereocenters. The molecule has 0 aliphatic carbocycles. The summed E-state index contributed by atoms with van der Waals surface area (Å²) >= 11 is 0. The Morgan fingerprint density at radius 3 is 2.68 bits per heavy atom. The molecule has 4 rings (SSSR count). The summed E-state index contributed by atoms with van der Waals surface area (Å²) < 4.78 is 5.39. The van der Waals surface area contributed by atoms with Crippen molar-refractivity contribution in [1.29, 1.82) is 0 Å². The largest absolute Gasteiger partial charge is 0.495 e. The van der Waals surface area contributed by atoms with E-state index in [1.54, 1.807) is 7.11 Å². The van der Waals surface area contributed by atoms with Crippen LogP contribution < -0.4 is 15.0 Å². The van der Waals surface area contributed by atoms with E-state index >= 15 is 0 Å². The second-order valence-electron chi connectivity index (χ2n) is 8.07. The van der Waals surface area contributed by atoms with Gasteiger partial charge in [0.1, 0.15) is 5.75 Å². The fraction of sp³-hybridized carbons (Fsp3) is 0.320. The summed E-state index contributed by atoms with van der Waals surface area (Å²) in [6, 6.07) is 17.9. The normalized spacial score (nSPS) is 16.1. The van der Waals surface area contributed by atoms with Gasteiger partial charge < -0.3 is 15.0 Å². The number of rotatable bonds is 5. The van der Waals surface area contributed by atoms with Crippen LogP contribution in [0.5, 0.6) is 5.75 Å². The Bertz CT molecular complexity index is 1070. The standard InChI is InChI=1S/C25H28N4O2/c1-17-10-12-23(31-3)22(15-17)26-25(30)19-8-6-14-29(16-19)24-13-11-21(27-28-24)20-9-5-4-7-18(20)2/h4-5,7,9-13,15,19H,6,8,14,16H2,1-3H3,(H,26,30). The molecule has 1 fully saturated rings. The molecule has 1 aromatic heterocycles. The minimum absolute atomic E-state index is 0.0121. The van der Waals surface area contributed by atoms with Gasteiger partial charge in [0.25, 0.3) is 0 Å². The van der Waals surface area contributed by atoms with E-state index in [2.05, 4.69) is 39.5 Å². The highest BCUT2D eigenvalue weighted by Crippen LogP contribution is 2.28. The summed E-state index contributed by atoms with van der Waals surface area (Å²) in [4.78, 5) is 15.1. The average molecular weight is 417 g/mol. The highest BCUT2D eigenvalue weighted by molar-refractivity contribution is 5.94. The number of ether oxygens (including phenoxy) is 1. The van der Waals surface area contributed by atoms with Gasteiger partial charge in [-0.25, -0.2) is 0 Å². The molecule has 1 N–H and O–H groups in total. The predicted octanol–water partition coefficient (Wildman–Crippen LogP) is 4.62. The summed E-state index contributed by atoms with van der Waals surface area (Å²) in [7, 11) is 1.61. The molecule has 0 bridgehead atoms. The topological polar surface area (TPSA) is 67.3 Å². The Labute approximate surface area is 183 Å². The first-order valence-corrected chi connectivity index (χ1v) is 10.7. The summed E-state index contributed by atoms with van der Waals surface area (Å²) in [6.45, 7) is 5.56. The van der Waals surface area contributed by atoms with Crippen molar-refractivity contribution in [2.75, 3.05) is 30.4 Å². The van der Waals surface area contributed by atoms with Gasteiger partial charge in [-0.2, -0.15) is 0 Å². The number of anilines is 2. The van der Waals surface area contributed by atoms with Gasteiger partial charge in [0, 0.05) is 18.7 Å². The lowest BCUT2D eigenvalue weighted by atomic mass is 9.97. The zero-order valence-electron chi connectivity index (χ0n) is 18.3. The summed E-state index contributed by atoms with van der Waals surface area (Å²) in [6.07, 6.45) is 1.79. The molecule has 1 unspecified atom stereocenters. The molecule has 1 amide bonds. The molecule has 0 spiro atoms. The van der Waals surface area contributed by atoms with Crippen LogP contribution in [0.1, 0.15) is 24.0 Å². The molecule has 6 nitrogen and oxygen atoms in total. The van der Waals surface area contributed by atoms with Crippen LogP contribution in [0.4, 0.5) is 11.5 Å². The zero-order valence-corrected chi connectivity index (χ0v) is 18.3. The number of nitrogens with zero attached hydrogens (tertiary/aromatic N) is 3. The van der Waals surface area contributed by atoms with Crippen molar-refractivity contribution in [1.82, 2.24) is 10.2 Å². The number of hydrogen-bond acceptors (Lipinski definition) is 5. The lowest BCUT2D eigenvalue weighted by Crippen LogP contribution is -2.41. The molecule has 1 aliphatic heterocycles. The molecule has 2 heterocycles. The fourth-order valence-electron chi connectivity index (χ4n) is 4.05. The van der Waals surface area contributed by atoms with Gasteiger partial charge in [0.05, 0.1) is 24.4 Å². The van der Waals surface area contributed by atoms with E-state index in [0.717, 1.165) is 42.0 Å². The summed E-state index contributed by atoms with van der Waals surface area (Å²) in [5, 5.41) is 12.0. The molecular formula is C25H28N4O2. The van der Waals surface area contributed by atoms with Gasteiger partial charge in [-0.15, -0.1) is 10.2 Å². The second kappa shape index (κ2) is 9.16. The van der Waals surface area contributed by atoms with Crippen LogP contribution in [0, 0.1) is 19.8 Å². The van der Waals surface area contributed by atoms with Gasteiger partial charge in [-0.1, -0.05) is 30.3 Å². The molecule has 31 heavy (non-hydrogen) atoms. The van der Waals surface area contributed by atoms with Crippen LogP contribution in [0.25, 0.3) is 11.3 Å². The van der Waals surface area contributed by atoms with Crippen LogP contribution >= 0.6 is 0 Å². The van der Waals surface area contributed by atoms with Crippen molar-refractivity contribution >= 4 is 17.4 Å². The first-order chi connectivity index (χ1) is 15.0. The van der Waals surface area contributed by atoms with Gasteiger partial charge in [-0.05, 0) is 62.1 Å². The second-order valence-corrected chi connectivity index (χ2v) is 8.07. The Morgan fingerprint density at radius 2 is 1.94 bits per heavy atom. The van der Waals surface area contributed by atoms with Crippen LogP contribution in [0.2, 0.25) is 0 Å². The Balaban J connectivity index is 1.45. The van der Waals surface area contributed by atoms with E-state index in [1.165, 1.54) is 5.56 Å². The lowest BCUT2D eigenvalue weighted by Gasteiger charge is -2.32. The molecule has 0 radical (unpaired) electrons. The number of nitrogens with one attached hydrogen (secondary N) is 1. The Kier molecular flexibility index (Phi) is 6.16. The average Bonchev–Trinajstić information content (AvgIpc) is 2.80. The van der Waals surface area contributed by atoms with E-state index in [0.29, 0.717) is 18.0 Å². The van der Waals surface area contributed by atoms with E-state index in [9.17, 15) is 4.79 Å². The molecule has 6 heteroatoms. The van der Waals surface area contributed by atoms with Gasteiger partial charge >= 0.3 is 0 Å². The smallest absolute Gasteiger partial charge is 0.229 e. The number of aryl methyl sites for hydroxylation is 2. The monoisotopic (exact) mass is 416 g/mol. The van der Waals surface area contributed by atoms with Gasteiger partial charge in [0.15, 0.2) is 5.82 Å². The molecular weight excluding hydrogens is 388 g/mol. The van der Waals surface area contributed by atoms with E-state index < -0.39 is 0 Å². The SMILES string of the molecule is COc1ccc(C)cc1NC(=O)C1CCCN(c2ccc(-c3ccccc3C)nn2)C1. The quantitative estimate of drug-likeness (QED) is 0.657. The maximum Gasteiger partial charge on any atom is 0.229 e. The minimum Gasteiger partial charge on any atom is -0.495 e. The van der Waals surface area contributed by atoms with E-state index in [1.807, 2.05) is 49.4 Å². The number of aromatic nitrogens is 2. The van der Waals surface area contributed by atoms with Crippen LogP contribution in [0.3, 0.4) is 0 Å². The summed E-state index contributed by atoms with van der Waals surface area (Å²) in [5.41, 5.74) is 4.91. The molecule has 1 aliphatic rings. The van der Waals surface area contributed by atoms with Crippen LogP contribution in [0.15, 0.2) is 54.6 Å². The van der Waals surface area contributed by atoms with Crippen molar-refractivity contribution in [3.05, 3.63) is 65.7 Å². The molecule has 160 valence electrons. The third-order valence-corrected chi connectivity index (χ3v) is 5.80. The number of amides is 1. The van der Waals surface area contributed by atoms with Crippen molar-refractivity contribution in [3.63, 3.8) is 0 Å². The number of carbonyl (C=O) groups excluding carboxylic acids is 1. The lowest BCUT2D eigenvalue weighted by molar-refractivity contribution is -0.120. The molecule has 3 aromatic rings. The minimum atomic E-state index is -0.114. The van der Waals surface area contributed by atoms with Crippen LogP contribution in [-0.4, -0.2) is 36.3 Å². The molecule has 2 aromatic carbocycles. The predicted molar refractivity (Wildman–Crippen MR) is 124 cm³/mol. The number of piperidine rings is 1. The van der Waals surface area contributed by atoms with E-state index in [4.69, 9.17) is 4.74 Å². The fourth-order valence-corrected chi connectivity index (χ4v) is 4.05. The summed E-state index contributed by atoms with van der Waals surface area (Å²) in [5.74, 6) is 1.38. The first-order valence-electron chi connectivity index (χ1n) is 10.7. The van der Waals surface area contributed by atoms with Crippen molar-refractivity contribution in [2.24, 2.45) is 5.92 Å². The zero-order chi connectivity index (χ0) is 21.8. The number of methoxy groups -OCH3 is 1. The van der Waals surface area contributed by atoms with E-state index in [-0.39, 0.29) is 11.8 Å². The van der Waals surface area contributed by atoms with Crippen molar-refractivity contribution in [2.45, 2.75) is 26.7 Å². The Morgan fingerprint density at radius 1 is 1.10 bits per heavy atom. The third kappa shape index (κ3) is 4.68. The van der Waals surface area contributed by atoms with Crippen LogP contribution in [-0.2, 0) is 4.79 Å². The highest BCUT2D eigenvalue weighted by atomic mass is 16.5. The third-order valence-electron chi connectivity index (χ3n) is 5.80. The highest BCUT2D eigenvalue weighted by Gasteiger charge is 2.27. The molecule has 0 saturated carbocycles. The number of hydrogen-bond donors (Lipinski definition) is 1. The maximum absolute atomic E-state index is 13.0. The maximum atomic E-state index is 13.0. The molecule has 1 saturated heterocycles. The van der Waals surface area contributed by atoms with Gasteiger partial charge in [0.2, 0.25) is 5.91 Å². The Hall–Kier alpha value is -3.41. The van der Waals surface area contributed by atoms with Crippen molar-refractivity contribution < 1.29 is 9.53 Å². The van der Waals surface area contributed by atoms with Crippen molar-refractivity contribution in [3.8, 4) is 17.0 Å². The number of benzene rings is 2.